The smallest absolute Gasteiger partial charge is 0.339 e. The van der Waals surface area contributed by atoms with E-state index in [-0.39, 0.29) is 17.6 Å². The number of rotatable bonds is 4. The van der Waals surface area contributed by atoms with Gasteiger partial charge in [0.15, 0.2) is 0 Å². The highest BCUT2D eigenvalue weighted by Crippen LogP contribution is 2.35. The van der Waals surface area contributed by atoms with Gasteiger partial charge in [-0.2, -0.15) is 13.2 Å². The Hall–Kier alpha value is -2.05. The minimum atomic E-state index is -4.59. The molecule has 4 nitrogen and oxygen atoms in total. The van der Waals surface area contributed by atoms with E-state index >= 15 is 0 Å². The van der Waals surface area contributed by atoms with Gasteiger partial charge in [0, 0.05) is 12.6 Å². The predicted molar refractivity (Wildman–Crippen MR) is 93.5 cm³/mol. The molecule has 0 radical (unpaired) electrons. The first-order chi connectivity index (χ1) is 12.1. The molecule has 1 N–H and O–H groups in total. The van der Waals surface area contributed by atoms with Crippen LogP contribution in [-0.4, -0.2) is 29.3 Å². The lowest BCUT2D eigenvalue weighted by molar-refractivity contribution is -0.149. The summed E-state index contributed by atoms with van der Waals surface area (Å²) in [7, 11) is 0. The molecule has 2 rings (SSSR count). The topological polar surface area (TPSA) is 49.4 Å². The summed E-state index contributed by atoms with van der Waals surface area (Å²) in [4.78, 5) is 27.3. The number of likely N-dealkylation sites (tertiary alicyclic amines) is 1. The van der Waals surface area contributed by atoms with Crippen LogP contribution in [0.5, 0.6) is 0 Å². The average molecular weight is 370 g/mol. The lowest BCUT2D eigenvalue weighted by atomic mass is 9.87. The van der Waals surface area contributed by atoms with Crippen molar-refractivity contribution in [3.63, 3.8) is 0 Å². The number of hydrogen-bond acceptors (Lipinski definition) is 2. The van der Waals surface area contributed by atoms with E-state index in [0.29, 0.717) is 6.54 Å². The fourth-order valence-corrected chi connectivity index (χ4v) is 3.27. The molecule has 0 saturated carbocycles. The van der Waals surface area contributed by atoms with E-state index in [9.17, 15) is 22.8 Å². The fraction of sp³-hybridized carbons (Fsp3) is 0.579. The second-order valence-corrected chi connectivity index (χ2v) is 7.18. The molecular weight excluding hydrogens is 345 g/mol. The molecule has 1 atom stereocenters. The van der Waals surface area contributed by atoms with Gasteiger partial charge in [-0.15, -0.1) is 0 Å². The molecule has 1 saturated heterocycles. The highest BCUT2D eigenvalue weighted by atomic mass is 19.4. The van der Waals surface area contributed by atoms with Crippen LogP contribution in [0.2, 0.25) is 0 Å². The number of amides is 2. The van der Waals surface area contributed by atoms with Crippen LogP contribution in [0.3, 0.4) is 0 Å². The Morgan fingerprint density at radius 2 is 1.85 bits per heavy atom. The Bertz CT molecular complexity index is 671. The van der Waals surface area contributed by atoms with Crippen LogP contribution in [0.15, 0.2) is 24.3 Å². The van der Waals surface area contributed by atoms with Gasteiger partial charge in [0.05, 0.1) is 11.3 Å². The SMILES string of the molecule is CCC1CCCCN1C(=O)C(C)(C)C(=O)Nc1ccccc1C(F)(F)F. The molecule has 26 heavy (non-hydrogen) atoms. The third kappa shape index (κ3) is 4.19. The van der Waals surface area contributed by atoms with Crippen LogP contribution in [0.1, 0.15) is 52.0 Å². The first kappa shape index (κ1) is 20.3. The summed E-state index contributed by atoms with van der Waals surface area (Å²) in [6.07, 6.45) is -1.000. The molecule has 1 fully saturated rings. The maximum absolute atomic E-state index is 13.1. The number of nitrogens with zero attached hydrogens (tertiary/aromatic N) is 1. The number of piperidine rings is 1. The van der Waals surface area contributed by atoms with E-state index in [1.165, 1.54) is 32.0 Å². The van der Waals surface area contributed by atoms with E-state index in [2.05, 4.69) is 5.32 Å². The number of carbonyl (C=O) groups is 2. The van der Waals surface area contributed by atoms with Crippen molar-refractivity contribution < 1.29 is 22.8 Å². The lowest BCUT2D eigenvalue weighted by Gasteiger charge is -2.39. The minimum Gasteiger partial charge on any atom is -0.339 e. The standard InChI is InChI=1S/C19H25F3N2O2/c1-4-13-9-7-8-12-24(13)17(26)18(2,3)16(25)23-15-11-6-5-10-14(15)19(20,21)22/h5-6,10-11,13H,4,7-9,12H2,1-3H3,(H,23,25). The quantitative estimate of drug-likeness (QED) is 0.796. The zero-order chi connectivity index (χ0) is 19.5. The van der Waals surface area contributed by atoms with E-state index in [1.54, 1.807) is 4.90 Å². The third-order valence-corrected chi connectivity index (χ3v) is 4.94. The number of anilines is 1. The Balaban J connectivity index is 2.22. The molecule has 0 bridgehead atoms. The van der Waals surface area contributed by atoms with Crippen molar-refractivity contribution in [3.05, 3.63) is 29.8 Å². The zero-order valence-electron chi connectivity index (χ0n) is 15.3. The van der Waals surface area contributed by atoms with Crippen molar-refractivity contribution in [3.8, 4) is 0 Å². The lowest BCUT2D eigenvalue weighted by Crippen LogP contribution is -2.52. The van der Waals surface area contributed by atoms with Crippen LogP contribution in [0.4, 0.5) is 18.9 Å². The molecule has 0 aliphatic carbocycles. The molecule has 1 aromatic carbocycles. The minimum absolute atomic E-state index is 0.0748. The number of benzene rings is 1. The zero-order valence-corrected chi connectivity index (χ0v) is 15.3. The van der Waals surface area contributed by atoms with Gasteiger partial charge in [-0.05, 0) is 51.7 Å². The Kier molecular flexibility index (Phi) is 5.98. The van der Waals surface area contributed by atoms with Crippen LogP contribution in [-0.2, 0) is 15.8 Å². The van der Waals surface area contributed by atoms with Gasteiger partial charge in [0.25, 0.3) is 0 Å². The van der Waals surface area contributed by atoms with Gasteiger partial charge in [-0.25, -0.2) is 0 Å². The van der Waals surface area contributed by atoms with Gasteiger partial charge in [0.1, 0.15) is 5.41 Å². The first-order valence-corrected chi connectivity index (χ1v) is 8.87. The number of carbonyl (C=O) groups excluding carboxylic acids is 2. The van der Waals surface area contributed by atoms with Crippen molar-refractivity contribution in [1.29, 1.82) is 0 Å². The molecule has 1 aliphatic heterocycles. The monoisotopic (exact) mass is 370 g/mol. The summed E-state index contributed by atoms with van der Waals surface area (Å²) >= 11 is 0. The second-order valence-electron chi connectivity index (χ2n) is 7.18. The van der Waals surface area contributed by atoms with Crippen molar-refractivity contribution >= 4 is 17.5 Å². The number of nitrogens with one attached hydrogen (secondary N) is 1. The normalized spacial score (nSPS) is 18.5. The van der Waals surface area contributed by atoms with Gasteiger partial charge in [-0.3, -0.25) is 9.59 Å². The fourth-order valence-electron chi connectivity index (χ4n) is 3.27. The molecule has 1 unspecified atom stereocenters. The maximum atomic E-state index is 13.1. The average Bonchev–Trinajstić information content (AvgIpc) is 2.60. The van der Waals surface area contributed by atoms with Gasteiger partial charge in [0.2, 0.25) is 11.8 Å². The molecule has 0 spiro atoms. The molecule has 1 heterocycles. The van der Waals surface area contributed by atoms with E-state index in [1.807, 2.05) is 6.92 Å². The summed E-state index contributed by atoms with van der Waals surface area (Å²) in [6, 6.07) is 4.84. The summed E-state index contributed by atoms with van der Waals surface area (Å²) < 4.78 is 39.3. The third-order valence-electron chi connectivity index (χ3n) is 4.94. The number of halogens is 3. The number of para-hydroxylation sites is 1. The molecule has 7 heteroatoms. The summed E-state index contributed by atoms with van der Waals surface area (Å²) in [5.74, 6) is -1.08. The molecule has 0 aromatic heterocycles. The largest absolute Gasteiger partial charge is 0.418 e. The van der Waals surface area contributed by atoms with Crippen molar-refractivity contribution in [2.45, 2.75) is 58.7 Å². The van der Waals surface area contributed by atoms with Crippen molar-refractivity contribution in [2.75, 3.05) is 11.9 Å². The molecule has 1 aliphatic rings. The summed E-state index contributed by atoms with van der Waals surface area (Å²) in [5.41, 5.74) is -2.72. The first-order valence-electron chi connectivity index (χ1n) is 8.87. The predicted octanol–water partition coefficient (Wildman–Crippen LogP) is 4.46. The van der Waals surface area contributed by atoms with Crippen LogP contribution < -0.4 is 5.32 Å². The summed E-state index contributed by atoms with van der Waals surface area (Å²) in [6.45, 7) is 5.49. The highest BCUT2D eigenvalue weighted by molar-refractivity contribution is 6.10. The van der Waals surface area contributed by atoms with Gasteiger partial charge in [-0.1, -0.05) is 19.1 Å². The highest BCUT2D eigenvalue weighted by Gasteiger charge is 2.42. The van der Waals surface area contributed by atoms with E-state index in [0.717, 1.165) is 31.7 Å². The van der Waals surface area contributed by atoms with Crippen LogP contribution in [0, 0.1) is 5.41 Å². The Labute approximate surface area is 151 Å². The van der Waals surface area contributed by atoms with Crippen LogP contribution in [0.25, 0.3) is 0 Å². The van der Waals surface area contributed by atoms with E-state index < -0.39 is 23.1 Å². The van der Waals surface area contributed by atoms with E-state index in [4.69, 9.17) is 0 Å². The maximum Gasteiger partial charge on any atom is 0.418 e. The molecular formula is C19H25F3N2O2. The van der Waals surface area contributed by atoms with Crippen molar-refractivity contribution in [1.82, 2.24) is 4.90 Å². The van der Waals surface area contributed by atoms with Crippen molar-refractivity contribution in [2.24, 2.45) is 5.41 Å². The van der Waals surface area contributed by atoms with Crippen LogP contribution >= 0.6 is 0 Å². The number of hydrogen-bond donors (Lipinski definition) is 1. The van der Waals surface area contributed by atoms with Gasteiger partial charge < -0.3 is 10.2 Å². The molecule has 2 amide bonds. The Morgan fingerprint density at radius 3 is 2.46 bits per heavy atom. The Morgan fingerprint density at radius 1 is 1.19 bits per heavy atom. The van der Waals surface area contributed by atoms with Gasteiger partial charge >= 0.3 is 6.18 Å². The molecule has 144 valence electrons. The summed E-state index contributed by atoms with van der Waals surface area (Å²) in [5, 5.41) is 2.30. The number of alkyl halides is 3. The second kappa shape index (κ2) is 7.68. The molecule has 1 aromatic rings.